The third-order valence-electron chi connectivity index (χ3n) is 3.01. The van der Waals surface area contributed by atoms with Gasteiger partial charge < -0.3 is 5.32 Å². The van der Waals surface area contributed by atoms with Gasteiger partial charge in [0.2, 0.25) is 0 Å². The fraction of sp³-hybridized carbons (Fsp3) is 0.385. The van der Waals surface area contributed by atoms with Crippen molar-refractivity contribution in [1.29, 1.82) is 0 Å². The van der Waals surface area contributed by atoms with Crippen LogP contribution in [0.15, 0.2) is 29.6 Å². The van der Waals surface area contributed by atoms with E-state index >= 15 is 0 Å². The number of hydrogen-bond donors (Lipinski definition) is 1. The lowest BCUT2D eigenvalue weighted by Crippen LogP contribution is -2.15. The fourth-order valence-electron chi connectivity index (χ4n) is 1.93. The molecule has 0 aliphatic heterocycles. The van der Waals surface area contributed by atoms with Crippen LogP contribution in [0, 0.1) is 5.92 Å². The molecule has 15 heavy (non-hydrogen) atoms. The zero-order valence-electron chi connectivity index (χ0n) is 8.70. The van der Waals surface area contributed by atoms with E-state index in [0.29, 0.717) is 0 Å². The van der Waals surface area contributed by atoms with Crippen molar-refractivity contribution in [3.8, 4) is 0 Å². The Bertz CT molecular complexity index is 456. The summed E-state index contributed by atoms with van der Waals surface area (Å²) in [6.45, 7) is 2.22. The first-order valence-corrected chi connectivity index (χ1v) is 6.47. The zero-order valence-corrected chi connectivity index (χ0v) is 9.52. The molecule has 0 saturated heterocycles. The van der Waals surface area contributed by atoms with Gasteiger partial charge in [0.1, 0.15) is 0 Å². The second-order valence-electron chi connectivity index (χ2n) is 4.33. The van der Waals surface area contributed by atoms with Crippen molar-refractivity contribution in [1.82, 2.24) is 5.32 Å². The highest BCUT2D eigenvalue weighted by Gasteiger charge is 2.20. The van der Waals surface area contributed by atoms with Gasteiger partial charge in [-0.3, -0.25) is 0 Å². The summed E-state index contributed by atoms with van der Waals surface area (Å²) in [4.78, 5) is 0. The van der Waals surface area contributed by atoms with Crippen molar-refractivity contribution in [3.63, 3.8) is 0 Å². The molecule has 0 spiro atoms. The largest absolute Gasteiger partial charge is 0.312 e. The number of nitrogens with one attached hydrogen (secondary N) is 1. The molecule has 0 unspecified atom stereocenters. The average Bonchev–Trinajstić information content (AvgIpc) is 2.95. The Balaban J connectivity index is 1.74. The Morgan fingerprint density at radius 1 is 1.27 bits per heavy atom. The minimum absolute atomic E-state index is 0.965. The second kappa shape index (κ2) is 3.95. The maximum atomic E-state index is 3.55. The van der Waals surface area contributed by atoms with E-state index < -0.39 is 0 Å². The normalized spacial score (nSPS) is 16.0. The molecule has 1 aliphatic carbocycles. The minimum Gasteiger partial charge on any atom is -0.312 e. The second-order valence-corrected chi connectivity index (χ2v) is 5.25. The molecule has 1 fully saturated rings. The molecule has 1 aromatic heterocycles. The molecule has 1 saturated carbocycles. The smallest absolute Gasteiger partial charge is 0.0387 e. The predicted octanol–water partition coefficient (Wildman–Crippen LogP) is 3.40. The van der Waals surface area contributed by atoms with Crippen molar-refractivity contribution in [2.75, 3.05) is 6.54 Å². The average molecular weight is 217 g/mol. The molecule has 3 rings (SSSR count). The topological polar surface area (TPSA) is 12.0 Å². The lowest BCUT2D eigenvalue weighted by atomic mass is 10.1. The van der Waals surface area contributed by atoms with Crippen LogP contribution in [-0.2, 0) is 6.54 Å². The highest BCUT2D eigenvalue weighted by Crippen LogP contribution is 2.28. The SMILES string of the molecule is c1cc(CNCC2CC2)c2sccc2c1. The molecule has 0 amide bonds. The van der Waals surface area contributed by atoms with Crippen molar-refractivity contribution >= 4 is 21.4 Å². The first kappa shape index (κ1) is 9.37. The van der Waals surface area contributed by atoms with Gasteiger partial charge in [0, 0.05) is 11.2 Å². The molecule has 1 N–H and O–H groups in total. The first-order chi connectivity index (χ1) is 7.43. The summed E-state index contributed by atoms with van der Waals surface area (Å²) in [7, 11) is 0. The highest BCUT2D eigenvalue weighted by atomic mass is 32.1. The van der Waals surface area contributed by atoms with Gasteiger partial charge in [-0.2, -0.15) is 0 Å². The van der Waals surface area contributed by atoms with Gasteiger partial charge in [0.15, 0.2) is 0 Å². The Hall–Kier alpha value is -0.860. The molecule has 1 aromatic carbocycles. The summed E-state index contributed by atoms with van der Waals surface area (Å²) in [6.07, 6.45) is 2.85. The van der Waals surface area contributed by atoms with Gasteiger partial charge in [0.05, 0.1) is 0 Å². The van der Waals surface area contributed by atoms with Crippen LogP contribution >= 0.6 is 11.3 Å². The Labute approximate surface area is 94.1 Å². The number of hydrogen-bond acceptors (Lipinski definition) is 2. The van der Waals surface area contributed by atoms with Gasteiger partial charge in [-0.25, -0.2) is 0 Å². The highest BCUT2D eigenvalue weighted by molar-refractivity contribution is 7.17. The van der Waals surface area contributed by atoms with Crippen LogP contribution in [0.3, 0.4) is 0 Å². The van der Waals surface area contributed by atoms with Gasteiger partial charge in [0.25, 0.3) is 0 Å². The van der Waals surface area contributed by atoms with E-state index in [0.717, 1.165) is 12.5 Å². The van der Waals surface area contributed by atoms with Crippen LogP contribution < -0.4 is 5.32 Å². The molecule has 0 radical (unpaired) electrons. The molecular formula is C13H15NS. The Morgan fingerprint density at radius 3 is 3.07 bits per heavy atom. The summed E-state index contributed by atoms with van der Waals surface area (Å²) < 4.78 is 1.45. The molecule has 78 valence electrons. The van der Waals surface area contributed by atoms with E-state index in [4.69, 9.17) is 0 Å². The lowest BCUT2D eigenvalue weighted by Gasteiger charge is -2.04. The Kier molecular flexibility index (Phi) is 2.47. The predicted molar refractivity (Wildman–Crippen MR) is 66.3 cm³/mol. The number of fused-ring (bicyclic) bond motifs is 1. The van der Waals surface area contributed by atoms with Crippen molar-refractivity contribution in [3.05, 3.63) is 35.2 Å². The summed E-state index contributed by atoms with van der Waals surface area (Å²) >= 11 is 1.85. The molecule has 0 atom stereocenters. The van der Waals surface area contributed by atoms with Crippen LogP contribution in [-0.4, -0.2) is 6.54 Å². The van der Waals surface area contributed by atoms with Crippen molar-refractivity contribution in [2.24, 2.45) is 5.92 Å². The van der Waals surface area contributed by atoms with E-state index in [1.165, 1.54) is 35.0 Å². The summed E-state index contributed by atoms with van der Waals surface area (Å²) in [5, 5.41) is 7.11. The third-order valence-corrected chi connectivity index (χ3v) is 4.01. The van der Waals surface area contributed by atoms with Crippen molar-refractivity contribution < 1.29 is 0 Å². The molecule has 1 heterocycles. The van der Waals surface area contributed by atoms with Gasteiger partial charge in [-0.1, -0.05) is 18.2 Å². The van der Waals surface area contributed by atoms with E-state index in [2.05, 4.69) is 35.0 Å². The molecule has 2 aromatic rings. The molecular weight excluding hydrogens is 202 g/mol. The fourth-order valence-corrected chi connectivity index (χ4v) is 2.84. The number of benzene rings is 1. The molecule has 0 bridgehead atoms. The summed E-state index contributed by atoms with van der Waals surface area (Å²) in [5.74, 6) is 0.965. The summed E-state index contributed by atoms with van der Waals surface area (Å²) in [5.41, 5.74) is 1.45. The zero-order chi connectivity index (χ0) is 10.1. The van der Waals surface area contributed by atoms with Crippen LogP contribution in [0.25, 0.3) is 10.1 Å². The van der Waals surface area contributed by atoms with Gasteiger partial charge in [-0.15, -0.1) is 11.3 Å². The van der Waals surface area contributed by atoms with Crippen molar-refractivity contribution in [2.45, 2.75) is 19.4 Å². The third kappa shape index (κ3) is 2.06. The molecule has 1 aliphatic rings. The van der Waals surface area contributed by atoms with Crippen LogP contribution in [0.2, 0.25) is 0 Å². The monoisotopic (exact) mass is 217 g/mol. The number of rotatable bonds is 4. The summed E-state index contributed by atoms with van der Waals surface area (Å²) in [6, 6.07) is 8.78. The number of thiophene rings is 1. The van der Waals surface area contributed by atoms with E-state index in [1.807, 2.05) is 11.3 Å². The lowest BCUT2D eigenvalue weighted by molar-refractivity contribution is 0.641. The first-order valence-electron chi connectivity index (χ1n) is 5.59. The van der Waals surface area contributed by atoms with Crippen LogP contribution in [0.5, 0.6) is 0 Å². The molecule has 2 heteroatoms. The van der Waals surface area contributed by atoms with E-state index in [1.54, 1.807) is 0 Å². The maximum absolute atomic E-state index is 3.55. The van der Waals surface area contributed by atoms with E-state index in [9.17, 15) is 0 Å². The van der Waals surface area contributed by atoms with E-state index in [-0.39, 0.29) is 0 Å². The van der Waals surface area contributed by atoms with Crippen LogP contribution in [0.1, 0.15) is 18.4 Å². The maximum Gasteiger partial charge on any atom is 0.0387 e. The molecule has 1 nitrogen and oxygen atoms in total. The van der Waals surface area contributed by atoms with Gasteiger partial charge >= 0.3 is 0 Å². The van der Waals surface area contributed by atoms with Crippen LogP contribution in [0.4, 0.5) is 0 Å². The Morgan fingerprint density at radius 2 is 2.20 bits per heavy atom. The standard InChI is InChI=1S/C13H15NS/c1-2-11-6-7-15-13(11)12(3-1)9-14-8-10-4-5-10/h1-3,6-7,10,14H,4-5,8-9H2. The minimum atomic E-state index is 0.965. The van der Waals surface area contributed by atoms with Gasteiger partial charge in [-0.05, 0) is 47.7 Å². The quantitative estimate of drug-likeness (QED) is 0.827.